The summed E-state index contributed by atoms with van der Waals surface area (Å²) in [5.74, 6) is 1.09. The summed E-state index contributed by atoms with van der Waals surface area (Å²) in [6.45, 7) is 15.3. The normalized spacial score (nSPS) is 16.3. The monoisotopic (exact) mass is 524 g/mol. The van der Waals surface area contributed by atoms with Gasteiger partial charge >= 0.3 is 0 Å². The number of nitrogens with one attached hydrogen (secondary N) is 1. The first kappa shape index (κ1) is 26.5. The van der Waals surface area contributed by atoms with Crippen molar-refractivity contribution in [2.24, 2.45) is 5.92 Å². The first-order valence-electron chi connectivity index (χ1n) is 12.4. The van der Waals surface area contributed by atoms with Crippen LogP contribution < -0.4 is 10.2 Å². The summed E-state index contributed by atoms with van der Waals surface area (Å²) in [6.07, 6.45) is 0. The molecule has 2 aromatic heterocycles. The Morgan fingerprint density at radius 2 is 1.97 bits per heavy atom. The molecule has 1 atom stereocenters. The van der Waals surface area contributed by atoms with Gasteiger partial charge < -0.3 is 5.32 Å². The number of carbonyl (C=O) groups is 2. The SMILES string of the molecule is Cc1ccc(-n2nc(C(C)(C)C)c3c2N(CC(=O)NCC(C)C)C(=O)CS[C@@H]3c2ccsc2)c(C)c1. The van der Waals surface area contributed by atoms with Crippen molar-refractivity contribution < 1.29 is 9.59 Å². The average molecular weight is 525 g/mol. The molecule has 4 rings (SSSR count). The number of nitrogens with zero attached hydrogens (tertiary/aromatic N) is 3. The summed E-state index contributed by atoms with van der Waals surface area (Å²) in [5.41, 5.74) is 6.03. The third-order valence-corrected chi connectivity index (χ3v) is 8.19. The van der Waals surface area contributed by atoms with Crippen LogP contribution in [0, 0.1) is 19.8 Å². The van der Waals surface area contributed by atoms with Crippen LogP contribution in [0.1, 0.15) is 67.8 Å². The van der Waals surface area contributed by atoms with E-state index >= 15 is 0 Å². The van der Waals surface area contributed by atoms with Gasteiger partial charge in [-0.3, -0.25) is 14.5 Å². The molecule has 0 radical (unpaired) electrons. The molecule has 0 saturated heterocycles. The number of fused-ring (bicyclic) bond motifs is 1. The minimum Gasteiger partial charge on any atom is -0.354 e. The second-order valence-electron chi connectivity index (χ2n) is 11.0. The highest BCUT2D eigenvalue weighted by atomic mass is 32.2. The Morgan fingerprint density at radius 3 is 2.58 bits per heavy atom. The maximum absolute atomic E-state index is 13.6. The highest BCUT2D eigenvalue weighted by molar-refractivity contribution is 8.00. The van der Waals surface area contributed by atoms with Gasteiger partial charge in [-0.2, -0.15) is 16.4 Å². The summed E-state index contributed by atoms with van der Waals surface area (Å²) >= 11 is 3.27. The summed E-state index contributed by atoms with van der Waals surface area (Å²) < 4.78 is 1.91. The number of anilines is 1. The highest BCUT2D eigenvalue weighted by Crippen LogP contribution is 2.48. The van der Waals surface area contributed by atoms with Crippen molar-refractivity contribution in [3.8, 4) is 5.69 Å². The lowest BCUT2D eigenvalue weighted by Crippen LogP contribution is -2.43. The Kier molecular flexibility index (Phi) is 7.67. The van der Waals surface area contributed by atoms with Crippen LogP contribution in [0.4, 0.5) is 5.82 Å². The fourth-order valence-corrected chi connectivity index (χ4v) is 6.45. The van der Waals surface area contributed by atoms with Gasteiger partial charge in [-0.25, -0.2) is 4.68 Å². The van der Waals surface area contributed by atoms with Gasteiger partial charge in [0.2, 0.25) is 11.8 Å². The number of benzene rings is 1. The largest absolute Gasteiger partial charge is 0.354 e. The Hall–Kier alpha value is -2.58. The van der Waals surface area contributed by atoms with Crippen LogP contribution in [0.3, 0.4) is 0 Å². The zero-order valence-electron chi connectivity index (χ0n) is 22.2. The van der Waals surface area contributed by atoms with Crippen molar-refractivity contribution in [1.82, 2.24) is 15.1 Å². The molecule has 0 unspecified atom stereocenters. The fraction of sp³-hybridized carbons (Fsp3) is 0.464. The zero-order valence-corrected chi connectivity index (χ0v) is 23.8. The quantitative estimate of drug-likeness (QED) is 0.443. The Balaban J connectivity index is 1.97. The van der Waals surface area contributed by atoms with Crippen LogP contribution in [0.25, 0.3) is 5.69 Å². The van der Waals surface area contributed by atoms with Gasteiger partial charge in [0, 0.05) is 17.5 Å². The highest BCUT2D eigenvalue weighted by Gasteiger charge is 2.40. The first-order valence-corrected chi connectivity index (χ1v) is 14.4. The van der Waals surface area contributed by atoms with Gasteiger partial charge in [0.1, 0.15) is 12.4 Å². The number of thioether (sulfide) groups is 1. The summed E-state index contributed by atoms with van der Waals surface area (Å²) in [7, 11) is 0. The van der Waals surface area contributed by atoms with Crippen LogP contribution in [0.5, 0.6) is 0 Å². The van der Waals surface area contributed by atoms with E-state index in [-0.39, 0.29) is 29.0 Å². The molecule has 2 amide bonds. The smallest absolute Gasteiger partial charge is 0.240 e. The Bertz CT molecular complexity index is 1260. The number of amides is 2. The molecular weight excluding hydrogens is 488 g/mol. The summed E-state index contributed by atoms with van der Waals surface area (Å²) in [6, 6.07) is 8.38. The van der Waals surface area contributed by atoms with Gasteiger partial charge in [0.25, 0.3) is 0 Å². The molecule has 0 aliphatic carbocycles. The number of rotatable bonds is 6. The average Bonchev–Trinajstić information content (AvgIpc) is 3.42. The lowest BCUT2D eigenvalue weighted by molar-refractivity contribution is -0.123. The summed E-state index contributed by atoms with van der Waals surface area (Å²) in [4.78, 5) is 28.3. The second kappa shape index (κ2) is 10.4. The number of thiophene rings is 1. The number of hydrogen-bond donors (Lipinski definition) is 1. The summed E-state index contributed by atoms with van der Waals surface area (Å²) in [5, 5.41) is 12.3. The molecule has 0 fully saturated rings. The van der Waals surface area contributed by atoms with Gasteiger partial charge in [0.05, 0.1) is 22.4 Å². The Morgan fingerprint density at radius 1 is 1.22 bits per heavy atom. The third-order valence-electron chi connectivity index (χ3n) is 6.24. The van der Waals surface area contributed by atoms with Crippen molar-refractivity contribution >= 4 is 40.7 Å². The van der Waals surface area contributed by atoms with E-state index in [9.17, 15) is 9.59 Å². The van der Waals surface area contributed by atoms with E-state index in [0.717, 1.165) is 28.1 Å². The molecule has 1 N–H and O–H groups in total. The van der Waals surface area contributed by atoms with Gasteiger partial charge in [0.15, 0.2) is 0 Å². The molecular formula is C28H36N4O2S2. The molecule has 3 aromatic rings. The van der Waals surface area contributed by atoms with E-state index in [4.69, 9.17) is 5.10 Å². The van der Waals surface area contributed by atoms with Crippen LogP contribution in [-0.2, 0) is 15.0 Å². The molecule has 3 heterocycles. The van der Waals surface area contributed by atoms with Crippen molar-refractivity contribution in [3.05, 3.63) is 63.0 Å². The van der Waals surface area contributed by atoms with Crippen molar-refractivity contribution in [1.29, 1.82) is 0 Å². The van der Waals surface area contributed by atoms with E-state index in [0.29, 0.717) is 24.0 Å². The standard InChI is InChI=1S/C28H36N4O2S2/c1-17(2)13-29-22(33)14-31-23(34)16-36-25(20-10-11-35-15-20)24-26(28(5,6)7)30-32(27(24)31)21-9-8-18(3)12-19(21)4/h8-12,15,17,25H,13-14,16H2,1-7H3,(H,29,33)/t25-/m1/s1. The number of aromatic nitrogens is 2. The van der Waals surface area contributed by atoms with Crippen LogP contribution >= 0.6 is 23.1 Å². The van der Waals surface area contributed by atoms with E-state index in [1.54, 1.807) is 28.0 Å². The minimum atomic E-state index is -0.262. The lowest BCUT2D eigenvalue weighted by Gasteiger charge is -2.24. The fourth-order valence-electron chi connectivity index (χ4n) is 4.49. The van der Waals surface area contributed by atoms with Crippen LogP contribution in [0.2, 0.25) is 0 Å². The van der Waals surface area contributed by atoms with E-state index in [1.165, 1.54) is 5.56 Å². The number of carbonyl (C=O) groups excluding carboxylic acids is 2. The third kappa shape index (κ3) is 5.39. The molecule has 0 spiro atoms. The molecule has 1 aliphatic heterocycles. The second-order valence-corrected chi connectivity index (χ2v) is 12.8. The van der Waals surface area contributed by atoms with Crippen LogP contribution in [-0.4, -0.2) is 40.4 Å². The molecule has 0 bridgehead atoms. The van der Waals surface area contributed by atoms with Crippen molar-refractivity contribution in [3.63, 3.8) is 0 Å². The first-order chi connectivity index (χ1) is 17.0. The van der Waals surface area contributed by atoms with Crippen LogP contribution in [0.15, 0.2) is 35.0 Å². The molecule has 0 saturated carbocycles. The molecule has 8 heteroatoms. The molecule has 6 nitrogen and oxygen atoms in total. The minimum absolute atomic E-state index is 0.0321. The predicted molar refractivity (Wildman–Crippen MR) is 151 cm³/mol. The van der Waals surface area contributed by atoms with E-state index in [1.807, 2.05) is 4.68 Å². The predicted octanol–water partition coefficient (Wildman–Crippen LogP) is 5.79. The maximum Gasteiger partial charge on any atom is 0.240 e. The topological polar surface area (TPSA) is 67.2 Å². The molecule has 1 aromatic carbocycles. The molecule has 192 valence electrons. The zero-order chi connectivity index (χ0) is 26.2. The number of aryl methyl sites for hydroxylation is 2. The van der Waals surface area contributed by atoms with E-state index < -0.39 is 0 Å². The molecule has 1 aliphatic rings. The van der Waals surface area contributed by atoms with Gasteiger partial charge in [-0.1, -0.05) is 52.3 Å². The van der Waals surface area contributed by atoms with Crippen molar-refractivity contribution in [2.45, 2.75) is 59.1 Å². The number of hydrogen-bond acceptors (Lipinski definition) is 5. The van der Waals surface area contributed by atoms with Crippen molar-refractivity contribution in [2.75, 3.05) is 23.7 Å². The Labute approximate surface area is 222 Å². The van der Waals surface area contributed by atoms with Gasteiger partial charge in [-0.15, -0.1) is 11.8 Å². The van der Waals surface area contributed by atoms with Gasteiger partial charge in [-0.05, 0) is 53.8 Å². The molecule has 36 heavy (non-hydrogen) atoms. The van der Waals surface area contributed by atoms with E-state index in [2.05, 4.69) is 88.8 Å². The lowest BCUT2D eigenvalue weighted by atomic mass is 9.87. The maximum atomic E-state index is 13.6.